The van der Waals surface area contributed by atoms with E-state index in [1.54, 1.807) is 6.20 Å². The third kappa shape index (κ3) is 2.04. The van der Waals surface area contributed by atoms with Crippen LogP contribution < -0.4 is 5.32 Å². The number of rotatable bonds is 3. The van der Waals surface area contributed by atoms with Crippen LogP contribution in [0.4, 0.5) is 0 Å². The molecule has 1 saturated heterocycles. The zero-order valence-electron chi connectivity index (χ0n) is 11.3. The number of aryl methyl sites for hydroxylation is 1. The molecule has 0 spiro atoms. The molecule has 0 saturated carbocycles. The van der Waals surface area contributed by atoms with Crippen molar-refractivity contribution in [2.75, 3.05) is 6.54 Å². The van der Waals surface area contributed by atoms with Crippen molar-refractivity contribution in [3.63, 3.8) is 0 Å². The molecule has 1 N–H and O–H groups in total. The van der Waals surface area contributed by atoms with E-state index < -0.39 is 0 Å². The Bertz CT molecular complexity index is 572. The second kappa shape index (κ2) is 4.74. The molecule has 5 heteroatoms. The number of aromatic nitrogens is 3. The third-order valence-corrected chi connectivity index (χ3v) is 3.94. The molecule has 0 aromatic carbocycles. The molecule has 0 aliphatic carbocycles. The average Bonchev–Trinajstić information content (AvgIpc) is 3.09. The molecule has 1 aliphatic rings. The van der Waals surface area contributed by atoms with E-state index in [2.05, 4.69) is 27.4 Å². The number of nitrogens with zero attached hydrogens (tertiary/aromatic N) is 3. The maximum atomic E-state index is 5.51. The van der Waals surface area contributed by atoms with E-state index in [1.165, 1.54) is 0 Å². The quantitative estimate of drug-likeness (QED) is 0.916. The highest BCUT2D eigenvalue weighted by atomic mass is 16.5. The lowest BCUT2D eigenvalue weighted by Gasteiger charge is -2.22. The van der Waals surface area contributed by atoms with Gasteiger partial charge in [0.2, 0.25) is 11.7 Å². The zero-order valence-corrected chi connectivity index (χ0v) is 11.3. The highest BCUT2D eigenvalue weighted by Crippen LogP contribution is 2.34. The first-order valence-corrected chi connectivity index (χ1v) is 6.75. The summed E-state index contributed by atoms with van der Waals surface area (Å²) in [6.07, 6.45) is 6.74. The molecule has 3 heterocycles. The predicted molar refractivity (Wildman–Crippen MR) is 71.5 cm³/mol. The lowest BCUT2D eigenvalue weighted by atomic mass is 9.94. The van der Waals surface area contributed by atoms with Crippen LogP contribution in [0.3, 0.4) is 0 Å². The Labute approximate surface area is 112 Å². The van der Waals surface area contributed by atoms with E-state index in [-0.39, 0.29) is 5.54 Å². The first kappa shape index (κ1) is 12.3. The van der Waals surface area contributed by atoms with Gasteiger partial charge in [-0.2, -0.15) is 4.98 Å². The number of hydrogen-bond donors (Lipinski definition) is 1. The molecule has 0 bridgehead atoms. The molecule has 5 nitrogen and oxygen atoms in total. The lowest BCUT2D eigenvalue weighted by molar-refractivity contribution is 0.250. The van der Waals surface area contributed by atoms with E-state index >= 15 is 0 Å². The van der Waals surface area contributed by atoms with Crippen molar-refractivity contribution in [1.82, 2.24) is 20.4 Å². The van der Waals surface area contributed by atoms with E-state index in [0.29, 0.717) is 11.7 Å². The van der Waals surface area contributed by atoms with E-state index in [9.17, 15) is 0 Å². The molecule has 1 aliphatic heterocycles. The van der Waals surface area contributed by atoms with Crippen LogP contribution in [0.15, 0.2) is 23.0 Å². The predicted octanol–water partition coefficient (Wildman–Crippen LogP) is 2.43. The van der Waals surface area contributed by atoms with E-state index in [4.69, 9.17) is 4.52 Å². The molecule has 0 radical (unpaired) electrons. The second-order valence-electron chi connectivity index (χ2n) is 5.08. The molecule has 19 heavy (non-hydrogen) atoms. The van der Waals surface area contributed by atoms with Crippen LogP contribution in [-0.4, -0.2) is 21.7 Å². The second-order valence-corrected chi connectivity index (χ2v) is 5.08. The smallest absolute Gasteiger partial charge is 0.247 e. The summed E-state index contributed by atoms with van der Waals surface area (Å²) in [4.78, 5) is 8.68. The first-order valence-electron chi connectivity index (χ1n) is 6.75. The normalized spacial score (nSPS) is 22.8. The molecule has 1 fully saturated rings. The minimum absolute atomic E-state index is 0.133. The summed E-state index contributed by atoms with van der Waals surface area (Å²) in [6.45, 7) is 5.17. The molecule has 1 unspecified atom stereocenters. The Balaban J connectivity index is 1.98. The van der Waals surface area contributed by atoms with Crippen LogP contribution in [0, 0.1) is 6.92 Å². The van der Waals surface area contributed by atoms with Gasteiger partial charge in [0, 0.05) is 18.0 Å². The summed E-state index contributed by atoms with van der Waals surface area (Å²) in [5.41, 5.74) is 1.90. The Kier molecular flexibility index (Phi) is 3.06. The van der Waals surface area contributed by atoms with Crippen LogP contribution in [0.5, 0.6) is 0 Å². The fourth-order valence-corrected chi connectivity index (χ4v) is 2.69. The molecule has 100 valence electrons. The molecular formula is C14H18N4O. The van der Waals surface area contributed by atoms with Crippen LogP contribution in [0.1, 0.15) is 37.6 Å². The van der Waals surface area contributed by atoms with Crippen LogP contribution in [0.25, 0.3) is 11.4 Å². The van der Waals surface area contributed by atoms with Gasteiger partial charge in [-0.25, -0.2) is 0 Å². The number of pyridine rings is 1. The summed E-state index contributed by atoms with van der Waals surface area (Å²) in [6, 6.07) is 1.92. The SMILES string of the molecule is CCC1(c2nc(-c3ccncc3C)no2)CCCN1. The van der Waals surface area contributed by atoms with Crippen molar-refractivity contribution in [1.29, 1.82) is 0 Å². The summed E-state index contributed by atoms with van der Waals surface area (Å²) in [7, 11) is 0. The number of nitrogens with one attached hydrogen (secondary N) is 1. The van der Waals surface area contributed by atoms with Crippen molar-refractivity contribution in [3.05, 3.63) is 29.9 Å². The first-order chi connectivity index (χ1) is 9.25. The zero-order chi connectivity index (χ0) is 13.3. The van der Waals surface area contributed by atoms with Gasteiger partial charge in [0.1, 0.15) is 0 Å². The molecule has 0 amide bonds. The van der Waals surface area contributed by atoms with Gasteiger partial charge in [0.05, 0.1) is 5.54 Å². The third-order valence-electron chi connectivity index (χ3n) is 3.94. The Morgan fingerprint density at radius 3 is 3.05 bits per heavy atom. The Hall–Kier alpha value is -1.75. The van der Waals surface area contributed by atoms with Gasteiger partial charge in [-0.1, -0.05) is 12.1 Å². The van der Waals surface area contributed by atoms with Crippen molar-refractivity contribution in [2.24, 2.45) is 0 Å². The molecule has 3 rings (SSSR count). The van der Waals surface area contributed by atoms with Gasteiger partial charge in [0.25, 0.3) is 0 Å². The van der Waals surface area contributed by atoms with Gasteiger partial charge in [-0.15, -0.1) is 0 Å². The number of hydrogen-bond acceptors (Lipinski definition) is 5. The van der Waals surface area contributed by atoms with Crippen LogP contribution in [-0.2, 0) is 5.54 Å². The minimum Gasteiger partial charge on any atom is -0.337 e. The standard InChI is InChI=1S/C14H18N4O/c1-3-14(6-4-7-16-14)13-17-12(18-19-13)11-5-8-15-9-10(11)2/h5,8-9,16H,3-4,6-7H2,1-2H3. The summed E-state index contributed by atoms with van der Waals surface area (Å²) >= 11 is 0. The molecular weight excluding hydrogens is 240 g/mol. The van der Waals surface area contributed by atoms with Crippen molar-refractivity contribution in [2.45, 2.75) is 38.6 Å². The van der Waals surface area contributed by atoms with Crippen LogP contribution in [0.2, 0.25) is 0 Å². The van der Waals surface area contributed by atoms with E-state index in [1.807, 2.05) is 19.2 Å². The molecule has 1 atom stereocenters. The van der Waals surface area contributed by atoms with Gasteiger partial charge in [0.15, 0.2) is 0 Å². The Morgan fingerprint density at radius 1 is 1.47 bits per heavy atom. The van der Waals surface area contributed by atoms with Gasteiger partial charge < -0.3 is 9.84 Å². The van der Waals surface area contributed by atoms with Gasteiger partial charge in [-0.3, -0.25) is 4.98 Å². The summed E-state index contributed by atoms with van der Waals surface area (Å²) < 4.78 is 5.51. The van der Waals surface area contributed by atoms with Crippen LogP contribution >= 0.6 is 0 Å². The topological polar surface area (TPSA) is 63.8 Å². The largest absolute Gasteiger partial charge is 0.337 e. The fourth-order valence-electron chi connectivity index (χ4n) is 2.69. The monoisotopic (exact) mass is 258 g/mol. The summed E-state index contributed by atoms with van der Waals surface area (Å²) in [5.74, 6) is 1.36. The maximum absolute atomic E-state index is 5.51. The van der Waals surface area contributed by atoms with Gasteiger partial charge >= 0.3 is 0 Å². The molecule has 2 aromatic heterocycles. The highest BCUT2D eigenvalue weighted by Gasteiger charge is 2.39. The van der Waals surface area contributed by atoms with Crippen molar-refractivity contribution in [3.8, 4) is 11.4 Å². The average molecular weight is 258 g/mol. The van der Waals surface area contributed by atoms with Crippen molar-refractivity contribution < 1.29 is 4.52 Å². The minimum atomic E-state index is -0.133. The fraction of sp³-hybridized carbons (Fsp3) is 0.500. The lowest BCUT2D eigenvalue weighted by Crippen LogP contribution is -2.36. The van der Waals surface area contributed by atoms with E-state index in [0.717, 1.165) is 36.9 Å². The highest BCUT2D eigenvalue weighted by molar-refractivity contribution is 5.58. The summed E-state index contributed by atoms with van der Waals surface area (Å²) in [5, 5.41) is 7.64. The Morgan fingerprint density at radius 2 is 2.37 bits per heavy atom. The van der Waals surface area contributed by atoms with Crippen molar-refractivity contribution >= 4 is 0 Å². The van der Waals surface area contributed by atoms with Gasteiger partial charge in [-0.05, 0) is 44.4 Å². The molecule has 2 aromatic rings. The maximum Gasteiger partial charge on any atom is 0.247 e.